The van der Waals surface area contributed by atoms with Crippen molar-refractivity contribution in [3.05, 3.63) is 23.8 Å². The van der Waals surface area contributed by atoms with Crippen LogP contribution in [0.2, 0.25) is 0 Å². The Labute approximate surface area is 140 Å². The number of aromatic nitrogens is 2. The number of nitrogens with zero attached hydrogens (tertiary/aromatic N) is 4. The highest BCUT2D eigenvalue weighted by molar-refractivity contribution is 5.97. The molecule has 1 aromatic heterocycles. The zero-order chi connectivity index (χ0) is 16.4. The van der Waals surface area contributed by atoms with E-state index in [9.17, 15) is 4.79 Å². The first-order chi connectivity index (χ1) is 11.8. The summed E-state index contributed by atoms with van der Waals surface area (Å²) in [5.74, 6) is 0.0814. The predicted molar refractivity (Wildman–Crippen MR) is 87.7 cm³/mol. The first-order valence-corrected chi connectivity index (χ1v) is 8.65. The van der Waals surface area contributed by atoms with Crippen molar-refractivity contribution in [2.45, 2.75) is 25.3 Å². The molecular formula is C17H22N4O3. The summed E-state index contributed by atoms with van der Waals surface area (Å²) in [4.78, 5) is 17.5. The summed E-state index contributed by atoms with van der Waals surface area (Å²) in [6.07, 6.45) is 3.32. The summed E-state index contributed by atoms with van der Waals surface area (Å²) < 4.78 is 10.1. The van der Waals surface area contributed by atoms with Crippen molar-refractivity contribution in [1.82, 2.24) is 20.1 Å². The van der Waals surface area contributed by atoms with Gasteiger partial charge in [-0.2, -0.15) is 0 Å². The number of carbonyl (C=O) groups is 1. The van der Waals surface area contributed by atoms with Crippen molar-refractivity contribution in [3.8, 4) is 0 Å². The molecule has 0 N–H and O–H groups in total. The van der Waals surface area contributed by atoms with Crippen molar-refractivity contribution in [2.75, 3.05) is 39.4 Å². The second-order valence-corrected chi connectivity index (χ2v) is 6.53. The molecule has 3 heterocycles. The molecule has 1 amide bonds. The summed E-state index contributed by atoms with van der Waals surface area (Å²) in [5.41, 5.74) is 1.96. The van der Waals surface area contributed by atoms with E-state index in [-0.39, 0.29) is 11.9 Å². The van der Waals surface area contributed by atoms with Crippen LogP contribution in [0, 0.1) is 0 Å². The molecule has 2 fully saturated rings. The van der Waals surface area contributed by atoms with Gasteiger partial charge in [-0.3, -0.25) is 9.69 Å². The van der Waals surface area contributed by atoms with Crippen LogP contribution in [0.25, 0.3) is 11.0 Å². The molecule has 1 aromatic carbocycles. The van der Waals surface area contributed by atoms with Crippen molar-refractivity contribution in [2.24, 2.45) is 0 Å². The van der Waals surface area contributed by atoms with Crippen LogP contribution in [0.5, 0.6) is 0 Å². The van der Waals surface area contributed by atoms with E-state index in [4.69, 9.17) is 9.37 Å². The van der Waals surface area contributed by atoms with E-state index >= 15 is 0 Å². The minimum Gasteiger partial charge on any atom is -0.379 e. The second-order valence-electron chi connectivity index (χ2n) is 6.53. The fraction of sp³-hybridized carbons (Fsp3) is 0.588. The number of likely N-dealkylation sites (tertiary alicyclic amines) is 1. The van der Waals surface area contributed by atoms with Crippen LogP contribution in [0.3, 0.4) is 0 Å². The number of piperidine rings is 1. The highest BCUT2D eigenvalue weighted by Gasteiger charge is 2.29. The Morgan fingerprint density at radius 3 is 2.83 bits per heavy atom. The summed E-state index contributed by atoms with van der Waals surface area (Å²) in [5, 5.41) is 7.63. The lowest BCUT2D eigenvalue weighted by Gasteiger charge is -2.39. The Morgan fingerprint density at radius 2 is 1.96 bits per heavy atom. The first-order valence-electron chi connectivity index (χ1n) is 8.65. The van der Waals surface area contributed by atoms with Gasteiger partial charge in [0.25, 0.3) is 5.91 Å². The zero-order valence-corrected chi connectivity index (χ0v) is 13.7. The summed E-state index contributed by atoms with van der Waals surface area (Å²) >= 11 is 0. The van der Waals surface area contributed by atoms with Gasteiger partial charge in [0.2, 0.25) is 0 Å². The molecule has 2 saturated heterocycles. The molecule has 0 saturated carbocycles. The first kappa shape index (κ1) is 15.5. The van der Waals surface area contributed by atoms with Gasteiger partial charge in [-0.15, -0.1) is 0 Å². The molecule has 0 spiro atoms. The molecule has 7 heteroatoms. The van der Waals surface area contributed by atoms with E-state index in [2.05, 4.69) is 15.2 Å². The lowest BCUT2D eigenvalue weighted by atomic mass is 10.00. The molecule has 2 aliphatic rings. The number of morpholine rings is 1. The lowest BCUT2D eigenvalue weighted by molar-refractivity contribution is 0.0166. The molecule has 0 bridgehead atoms. The Kier molecular flexibility index (Phi) is 4.44. The largest absolute Gasteiger partial charge is 0.379 e. The van der Waals surface area contributed by atoms with E-state index in [0.717, 1.165) is 52.2 Å². The average molecular weight is 330 g/mol. The Balaban J connectivity index is 1.51. The van der Waals surface area contributed by atoms with Gasteiger partial charge in [-0.1, -0.05) is 0 Å². The maximum Gasteiger partial charge on any atom is 0.254 e. The maximum atomic E-state index is 13.0. The number of amides is 1. The van der Waals surface area contributed by atoms with Gasteiger partial charge in [0.05, 0.1) is 13.2 Å². The molecule has 1 atom stereocenters. The van der Waals surface area contributed by atoms with E-state index in [1.807, 2.05) is 11.0 Å². The average Bonchev–Trinajstić information content (AvgIpc) is 3.10. The topological polar surface area (TPSA) is 71.7 Å². The molecular weight excluding hydrogens is 308 g/mol. The Hall–Kier alpha value is -1.99. The maximum absolute atomic E-state index is 13.0. The number of rotatable bonds is 3. The molecule has 0 aliphatic carbocycles. The van der Waals surface area contributed by atoms with Gasteiger partial charge < -0.3 is 9.64 Å². The fourth-order valence-corrected chi connectivity index (χ4v) is 3.62. The molecule has 0 radical (unpaired) electrons. The molecule has 2 aliphatic heterocycles. The Morgan fingerprint density at radius 1 is 1.12 bits per heavy atom. The number of carbonyl (C=O) groups excluding carboxylic acids is 1. The van der Waals surface area contributed by atoms with Crippen LogP contribution in [-0.4, -0.2) is 71.5 Å². The van der Waals surface area contributed by atoms with Crippen molar-refractivity contribution in [1.29, 1.82) is 0 Å². The van der Waals surface area contributed by atoms with Crippen LogP contribution in [0.15, 0.2) is 22.8 Å². The van der Waals surface area contributed by atoms with Crippen molar-refractivity contribution >= 4 is 16.9 Å². The summed E-state index contributed by atoms with van der Waals surface area (Å²) in [6.45, 7) is 5.24. The minimum atomic E-state index is 0.0814. The van der Waals surface area contributed by atoms with E-state index in [0.29, 0.717) is 16.6 Å². The van der Waals surface area contributed by atoms with Crippen molar-refractivity contribution < 1.29 is 14.2 Å². The number of hydrogen-bond acceptors (Lipinski definition) is 6. The van der Waals surface area contributed by atoms with Gasteiger partial charge in [-0.25, -0.2) is 4.63 Å². The van der Waals surface area contributed by atoms with E-state index in [1.165, 1.54) is 6.42 Å². The molecule has 2 aromatic rings. The third-order valence-corrected chi connectivity index (χ3v) is 4.96. The lowest BCUT2D eigenvalue weighted by Crippen LogP contribution is -2.51. The Bertz CT molecular complexity index is 711. The third kappa shape index (κ3) is 3.14. The third-order valence-electron chi connectivity index (χ3n) is 4.96. The fourth-order valence-electron chi connectivity index (χ4n) is 3.62. The molecule has 24 heavy (non-hydrogen) atoms. The van der Waals surface area contributed by atoms with E-state index < -0.39 is 0 Å². The number of benzene rings is 1. The van der Waals surface area contributed by atoms with Crippen LogP contribution in [0.4, 0.5) is 0 Å². The molecule has 128 valence electrons. The van der Waals surface area contributed by atoms with Crippen molar-refractivity contribution in [3.63, 3.8) is 0 Å². The number of fused-ring (bicyclic) bond motifs is 1. The number of hydrogen-bond donors (Lipinski definition) is 0. The standard InChI is InChI=1S/C17H22N4O3/c22-17(13-4-5-15-16(11-13)19-24-18-15)21-6-2-1-3-14(21)12-20-7-9-23-10-8-20/h4-5,11,14H,1-3,6-10,12H2/t14-/m0/s1. The summed E-state index contributed by atoms with van der Waals surface area (Å²) in [7, 11) is 0. The minimum absolute atomic E-state index is 0.0814. The van der Waals surface area contributed by atoms with Gasteiger partial charge in [-0.05, 0) is 47.8 Å². The van der Waals surface area contributed by atoms with Crippen LogP contribution < -0.4 is 0 Å². The van der Waals surface area contributed by atoms with Gasteiger partial charge >= 0.3 is 0 Å². The molecule has 0 unspecified atom stereocenters. The molecule has 7 nitrogen and oxygen atoms in total. The predicted octanol–water partition coefficient (Wildman–Crippen LogP) is 1.55. The van der Waals surface area contributed by atoms with Crippen LogP contribution in [-0.2, 0) is 4.74 Å². The smallest absolute Gasteiger partial charge is 0.254 e. The SMILES string of the molecule is O=C(c1ccc2nonc2c1)N1CCCC[C@H]1CN1CCOCC1. The zero-order valence-electron chi connectivity index (χ0n) is 13.7. The molecule has 4 rings (SSSR count). The second kappa shape index (κ2) is 6.86. The van der Waals surface area contributed by atoms with Gasteiger partial charge in [0, 0.05) is 37.8 Å². The van der Waals surface area contributed by atoms with E-state index in [1.54, 1.807) is 12.1 Å². The van der Waals surface area contributed by atoms with Crippen LogP contribution in [0.1, 0.15) is 29.6 Å². The monoisotopic (exact) mass is 330 g/mol. The quantitative estimate of drug-likeness (QED) is 0.850. The van der Waals surface area contributed by atoms with Gasteiger partial charge in [0.1, 0.15) is 11.0 Å². The van der Waals surface area contributed by atoms with Crippen LogP contribution >= 0.6 is 0 Å². The normalized spacial score (nSPS) is 22.8. The highest BCUT2D eigenvalue weighted by atomic mass is 16.6. The number of ether oxygens (including phenoxy) is 1. The summed E-state index contributed by atoms with van der Waals surface area (Å²) in [6, 6.07) is 5.65. The van der Waals surface area contributed by atoms with Gasteiger partial charge in [0.15, 0.2) is 0 Å². The highest BCUT2D eigenvalue weighted by Crippen LogP contribution is 2.22.